The molecule has 4 heteroatoms. The summed E-state index contributed by atoms with van der Waals surface area (Å²) in [5.74, 6) is -0.181. The fraction of sp³-hybridized carbons (Fsp3) is 0.294. The molecule has 1 unspecified atom stereocenters. The molecule has 0 radical (unpaired) electrons. The molecule has 0 saturated heterocycles. The number of rotatable bonds is 5. The van der Waals surface area contributed by atoms with Crippen LogP contribution in [-0.4, -0.2) is 6.54 Å². The highest BCUT2D eigenvalue weighted by molar-refractivity contribution is 9.10. The van der Waals surface area contributed by atoms with E-state index < -0.39 is 0 Å². The lowest BCUT2D eigenvalue weighted by atomic mass is 9.97. The minimum atomic E-state index is -0.181. The molecule has 0 spiro atoms. The van der Waals surface area contributed by atoms with Gasteiger partial charge in [-0.1, -0.05) is 46.6 Å². The lowest BCUT2D eigenvalue weighted by molar-refractivity contribution is 0.527. The molecular formula is C17H18BrClFN. The van der Waals surface area contributed by atoms with E-state index in [0.717, 1.165) is 27.2 Å². The summed E-state index contributed by atoms with van der Waals surface area (Å²) in [4.78, 5) is 0. The van der Waals surface area contributed by atoms with Crippen molar-refractivity contribution in [1.82, 2.24) is 5.32 Å². The van der Waals surface area contributed by atoms with E-state index in [1.54, 1.807) is 6.07 Å². The minimum absolute atomic E-state index is 0.0388. The van der Waals surface area contributed by atoms with Crippen LogP contribution in [0.25, 0.3) is 0 Å². The van der Waals surface area contributed by atoms with Gasteiger partial charge in [0, 0.05) is 15.5 Å². The Morgan fingerprint density at radius 3 is 2.67 bits per heavy atom. The lowest BCUT2D eigenvalue weighted by Gasteiger charge is -2.20. The number of halogens is 3. The van der Waals surface area contributed by atoms with Crippen molar-refractivity contribution < 1.29 is 4.39 Å². The summed E-state index contributed by atoms with van der Waals surface area (Å²) < 4.78 is 14.8. The minimum Gasteiger partial charge on any atom is -0.310 e. The van der Waals surface area contributed by atoms with Crippen molar-refractivity contribution in [3.63, 3.8) is 0 Å². The SMILES string of the molecule is CCNC(Cc1cc(Br)ccc1F)c1ccc(C)c(Cl)c1. The number of aryl methyl sites for hydroxylation is 1. The van der Waals surface area contributed by atoms with Crippen LogP contribution in [0.3, 0.4) is 0 Å². The summed E-state index contributed by atoms with van der Waals surface area (Å²) in [5.41, 5.74) is 2.81. The Hall–Kier alpha value is -0.900. The van der Waals surface area contributed by atoms with E-state index in [0.29, 0.717) is 12.0 Å². The molecule has 2 aromatic rings. The molecule has 21 heavy (non-hydrogen) atoms. The zero-order valence-electron chi connectivity index (χ0n) is 12.1. The summed E-state index contributed by atoms with van der Waals surface area (Å²) in [6.07, 6.45) is 0.582. The number of likely N-dealkylation sites (N-methyl/N-ethyl adjacent to an activating group) is 1. The van der Waals surface area contributed by atoms with Crippen LogP contribution in [0, 0.1) is 12.7 Å². The van der Waals surface area contributed by atoms with Gasteiger partial charge in [-0.25, -0.2) is 4.39 Å². The van der Waals surface area contributed by atoms with Gasteiger partial charge in [-0.15, -0.1) is 0 Å². The van der Waals surface area contributed by atoms with Crippen molar-refractivity contribution in [2.75, 3.05) is 6.54 Å². The maximum atomic E-state index is 14.0. The molecule has 0 aliphatic heterocycles. The molecule has 1 N–H and O–H groups in total. The van der Waals surface area contributed by atoms with Crippen molar-refractivity contribution in [1.29, 1.82) is 0 Å². The first-order chi connectivity index (χ1) is 10.0. The van der Waals surface area contributed by atoms with Crippen LogP contribution in [-0.2, 0) is 6.42 Å². The third kappa shape index (κ3) is 4.29. The molecule has 2 rings (SSSR count). The van der Waals surface area contributed by atoms with E-state index >= 15 is 0 Å². The van der Waals surface area contributed by atoms with Gasteiger partial charge in [0.05, 0.1) is 0 Å². The van der Waals surface area contributed by atoms with E-state index in [-0.39, 0.29) is 11.9 Å². The van der Waals surface area contributed by atoms with Crippen LogP contribution in [0.4, 0.5) is 4.39 Å². The van der Waals surface area contributed by atoms with Gasteiger partial charge < -0.3 is 5.32 Å². The fourth-order valence-corrected chi connectivity index (χ4v) is 2.90. The molecule has 0 fully saturated rings. The topological polar surface area (TPSA) is 12.0 Å². The molecule has 0 aliphatic rings. The van der Waals surface area contributed by atoms with Crippen LogP contribution in [0.5, 0.6) is 0 Å². The summed E-state index contributed by atoms with van der Waals surface area (Å²) in [6, 6.07) is 11.1. The van der Waals surface area contributed by atoms with Gasteiger partial charge in [-0.2, -0.15) is 0 Å². The van der Waals surface area contributed by atoms with E-state index in [4.69, 9.17) is 11.6 Å². The number of nitrogens with one attached hydrogen (secondary N) is 1. The molecular weight excluding hydrogens is 353 g/mol. The standard InChI is InChI=1S/C17H18BrClFN/c1-3-21-17(12-5-4-11(2)15(19)9-12)10-13-8-14(18)6-7-16(13)20/h4-9,17,21H,3,10H2,1-2H3. The van der Waals surface area contributed by atoms with Gasteiger partial charge in [0.15, 0.2) is 0 Å². The smallest absolute Gasteiger partial charge is 0.126 e. The molecule has 1 atom stereocenters. The Morgan fingerprint density at radius 2 is 2.00 bits per heavy atom. The van der Waals surface area contributed by atoms with Crippen molar-refractivity contribution >= 4 is 27.5 Å². The molecule has 2 aromatic carbocycles. The first-order valence-electron chi connectivity index (χ1n) is 6.94. The highest BCUT2D eigenvalue weighted by atomic mass is 79.9. The maximum Gasteiger partial charge on any atom is 0.126 e. The van der Waals surface area contributed by atoms with E-state index in [1.165, 1.54) is 6.07 Å². The second-order valence-electron chi connectivity index (χ2n) is 5.06. The average Bonchev–Trinajstić information content (AvgIpc) is 2.45. The Balaban J connectivity index is 2.30. The number of benzene rings is 2. The zero-order valence-corrected chi connectivity index (χ0v) is 14.4. The molecule has 0 heterocycles. The third-order valence-electron chi connectivity index (χ3n) is 3.48. The monoisotopic (exact) mass is 369 g/mol. The molecule has 0 saturated carbocycles. The average molecular weight is 371 g/mol. The molecule has 0 aliphatic carbocycles. The van der Waals surface area contributed by atoms with E-state index in [9.17, 15) is 4.39 Å². The van der Waals surface area contributed by atoms with Gasteiger partial charge >= 0.3 is 0 Å². The van der Waals surface area contributed by atoms with Gasteiger partial charge in [-0.3, -0.25) is 0 Å². The fourth-order valence-electron chi connectivity index (χ4n) is 2.30. The van der Waals surface area contributed by atoms with Crippen LogP contribution in [0.2, 0.25) is 5.02 Å². The normalized spacial score (nSPS) is 12.4. The van der Waals surface area contributed by atoms with Crippen molar-refractivity contribution in [2.24, 2.45) is 0 Å². The Kier molecular flexibility index (Phi) is 5.80. The maximum absolute atomic E-state index is 14.0. The highest BCUT2D eigenvalue weighted by Crippen LogP contribution is 2.26. The van der Waals surface area contributed by atoms with Gasteiger partial charge in [0.25, 0.3) is 0 Å². The lowest BCUT2D eigenvalue weighted by Crippen LogP contribution is -2.23. The molecule has 0 aromatic heterocycles. The Bertz CT molecular complexity index is 630. The summed E-state index contributed by atoms with van der Waals surface area (Å²) in [7, 11) is 0. The first kappa shape index (κ1) is 16.5. The largest absolute Gasteiger partial charge is 0.310 e. The predicted molar refractivity (Wildman–Crippen MR) is 90.4 cm³/mol. The summed E-state index contributed by atoms with van der Waals surface area (Å²) >= 11 is 9.60. The molecule has 0 amide bonds. The molecule has 0 bridgehead atoms. The molecule has 112 valence electrons. The molecule has 1 nitrogen and oxygen atoms in total. The van der Waals surface area contributed by atoms with Crippen molar-refractivity contribution in [3.8, 4) is 0 Å². The summed E-state index contributed by atoms with van der Waals surface area (Å²) in [6.45, 7) is 4.83. The number of hydrogen-bond acceptors (Lipinski definition) is 1. The highest BCUT2D eigenvalue weighted by Gasteiger charge is 2.15. The van der Waals surface area contributed by atoms with Crippen LogP contribution >= 0.6 is 27.5 Å². The van der Waals surface area contributed by atoms with Gasteiger partial charge in [0.2, 0.25) is 0 Å². The van der Waals surface area contributed by atoms with Crippen LogP contribution in [0.15, 0.2) is 40.9 Å². The zero-order chi connectivity index (χ0) is 15.4. The van der Waals surface area contributed by atoms with Crippen molar-refractivity contribution in [3.05, 3.63) is 68.4 Å². The predicted octanol–water partition coefficient (Wildman–Crippen LogP) is 5.44. The number of hydrogen-bond donors (Lipinski definition) is 1. The van der Waals surface area contributed by atoms with Crippen LogP contribution < -0.4 is 5.32 Å². The summed E-state index contributed by atoms with van der Waals surface area (Å²) in [5, 5.41) is 4.14. The quantitative estimate of drug-likeness (QED) is 0.738. The Labute approximate surface area is 138 Å². The second kappa shape index (κ2) is 7.39. The van der Waals surface area contributed by atoms with Crippen LogP contribution in [0.1, 0.15) is 29.7 Å². The third-order valence-corrected chi connectivity index (χ3v) is 4.38. The van der Waals surface area contributed by atoms with Crippen molar-refractivity contribution in [2.45, 2.75) is 26.3 Å². The van der Waals surface area contributed by atoms with E-state index in [2.05, 4.69) is 21.2 Å². The van der Waals surface area contributed by atoms with E-state index in [1.807, 2.05) is 38.1 Å². The second-order valence-corrected chi connectivity index (χ2v) is 6.38. The Morgan fingerprint density at radius 1 is 1.24 bits per heavy atom. The van der Waals surface area contributed by atoms with Gasteiger partial charge in [-0.05, 0) is 60.8 Å². The van der Waals surface area contributed by atoms with Gasteiger partial charge in [0.1, 0.15) is 5.82 Å². The first-order valence-corrected chi connectivity index (χ1v) is 8.11.